The number of hydrogen-bond acceptors (Lipinski definition) is 3. The van der Waals surface area contributed by atoms with Crippen LogP contribution in [0.15, 0.2) is 22.8 Å². The van der Waals surface area contributed by atoms with Crippen molar-refractivity contribution in [2.24, 2.45) is 0 Å². The molecular formula is C18H23O3-. The molecule has 0 saturated heterocycles. The lowest BCUT2D eigenvalue weighted by molar-refractivity contribution is -0.304. The van der Waals surface area contributed by atoms with E-state index >= 15 is 0 Å². The van der Waals surface area contributed by atoms with E-state index in [0.717, 1.165) is 16.5 Å². The molecule has 0 atom stereocenters. The minimum absolute atomic E-state index is 0.00972. The number of carboxylic acid groups (broad SMARTS) is 1. The highest BCUT2D eigenvalue weighted by Crippen LogP contribution is 2.37. The molecule has 21 heavy (non-hydrogen) atoms. The fourth-order valence-corrected chi connectivity index (χ4v) is 2.47. The second kappa shape index (κ2) is 4.90. The molecule has 0 N–H and O–H groups in total. The maximum atomic E-state index is 10.9. The van der Waals surface area contributed by atoms with Crippen molar-refractivity contribution in [2.75, 3.05) is 0 Å². The quantitative estimate of drug-likeness (QED) is 0.851. The first-order chi connectivity index (χ1) is 9.50. The summed E-state index contributed by atoms with van der Waals surface area (Å²) in [6, 6.07) is 4.22. The molecule has 1 aromatic carbocycles. The van der Waals surface area contributed by atoms with Crippen molar-refractivity contribution >= 4 is 16.9 Å². The number of rotatable bonds is 2. The van der Waals surface area contributed by atoms with Gasteiger partial charge in [-0.15, -0.1) is 0 Å². The second-order valence-corrected chi connectivity index (χ2v) is 7.71. The lowest BCUT2D eigenvalue weighted by atomic mass is 9.79. The van der Waals surface area contributed by atoms with E-state index in [4.69, 9.17) is 4.42 Å². The van der Waals surface area contributed by atoms with Crippen LogP contribution in [0.25, 0.3) is 11.0 Å². The van der Waals surface area contributed by atoms with Gasteiger partial charge >= 0.3 is 0 Å². The second-order valence-electron chi connectivity index (χ2n) is 7.71. The highest BCUT2D eigenvalue weighted by atomic mass is 16.4. The Morgan fingerprint density at radius 2 is 1.71 bits per heavy atom. The third-order valence-electron chi connectivity index (χ3n) is 3.76. The van der Waals surface area contributed by atoms with Gasteiger partial charge in [0.2, 0.25) is 0 Å². The molecule has 0 unspecified atom stereocenters. The zero-order valence-corrected chi connectivity index (χ0v) is 13.7. The van der Waals surface area contributed by atoms with Crippen LogP contribution in [0, 0.1) is 0 Å². The maximum absolute atomic E-state index is 10.9. The fourth-order valence-electron chi connectivity index (χ4n) is 2.47. The minimum Gasteiger partial charge on any atom is -0.550 e. The molecule has 0 aliphatic rings. The number of fused-ring (bicyclic) bond motifs is 1. The highest BCUT2D eigenvalue weighted by Gasteiger charge is 2.25. The van der Waals surface area contributed by atoms with Gasteiger partial charge in [-0.2, -0.15) is 0 Å². The summed E-state index contributed by atoms with van der Waals surface area (Å²) >= 11 is 0. The average Bonchev–Trinajstić information content (AvgIpc) is 2.68. The number of aliphatic carboxylic acids is 1. The van der Waals surface area contributed by atoms with Gasteiger partial charge in [0.25, 0.3) is 0 Å². The Labute approximate surface area is 126 Å². The van der Waals surface area contributed by atoms with Gasteiger partial charge in [-0.05, 0) is 22.5 Å². The zero-order chi connectivity index (χ0) is 16.0. The molecule has 0 amide bonds. The van der Waals surface area contributed by atoms with Crippen LogP contribution in [0.3, 0.4) is 0 Å². The summed E-state index contributed by atoms with van der Waals surface area (Å²) in [5.74, 6) is -1.09. The molecule has 2 rings (SSSR count). The zero-order valence-electron chi connectivity index (χ0n) is 13.7. The summed E-state index contributed by atoms with van der Waals surface area (Å²) in [6.45, 7) is 12.9. The van der Waals surface area contributed by atoms with E-state index in [9.17, 15) is 9.90 Å². The standard InChI is InChI=1S/C18H24O3/c1-17(2,3)12-8-13-11(7-15(19)20)10-21-16(13)14(9-12)18(4,5)6/h8-10H,7H2,1-6H3,(H,19,20)/p-1. The Kier molecular flexibility index (Phi) is 3.64. The van der Waals surface area contributed by atoms with Gasteiger partial charge in [0.1, 0.15) is 5.58 Å². The molecule has 1 heterocycles. The van der Waals surface area contributed by atoms with Crippen molar-refractivity contribution in [1.29, 1.82) is 0 Å². The summed E-state index contributed by atoms with van der Waals surface area (Å²) in [4.78, 5) is 10.9. The first-order valence-electron chi connectivity index (χ1n) is 7.25. The summed E-state index contributed by atoms with van der Waals surface area (Å²) < 4.78 is 5.68. The van der Waals surface area contributed by atoms with Crippen LogP contribution in [-0.4, -0.2) is 5.97 Å². The van der Waals surface area contributed by atoms with E-state index in [0.29, 0.717) is 5.56 Å². The minimum atomic E-state index is -1.09. The molecule has 3 nitrogen and oxygen atoms in total. The van der Waals surface area contributed by atoms with E-state index < -0.39 is 5.97 Å². The molecule has 0 radical (unpaired) electrons. The van der Waals surface area contributed by atoms with Gasteiger partial charge in [0.15, 0.2) is 0 Å². The maximum Gasteiger partial charge on any atom is 0.137 e. The Morgan fingerprint density at radius 3 is 2.19 bits per heavy atom. The van der Waals surface area contributed by atoms with Gasteiger partial charge in [-0.1, -0.05) is 47.6 Å². The monoisotopic (exact) mass is 287 g/mol. The highest BCUT2D eigenvalue weighted by molar-refractivity contribution is 5.88. The topological polar surface area (TPSA) is 53.3 Å². The van der Waals surface area contributed by atoms with E-state index in [1.54, 1.807) is 6.26 Å². The molecule has 0 bridgehead atoms. The number of carbonyl (C=O) groups excluding carboxylic acids is 1. The van der Waals surface area contributed by atoms with Crippen molar-refractivity contribution in [1.82, 2.24) is 0 Å². The van der Waals surface area contributed by atoms with Crippen LogP contribution in [0.1, 0.15) is 58.2 Å². The van der Waals surface area contributed by atoms with E-state index in [2.05, 4.69) is 47.6 Å². The first kappa shape index (κ1) is 15.6. The Hall–Kier alpha value is -1.77. The van der Waals surface area contributed by atoms with Gasteiger partial charge < -0.3 is 14.3 Å². The summed E-state index contributed by atoms with van der Waals surface area (Å²) in [7, 11) is 0. The van der Waals surface area contributed by atoms with Crippen molar-refractivity contribution in [2.45, 2.75) is 58.8 Å². The predicted octanol–water partition coefficient (Wildman–Crippen LogP) is 3.32. The Balaban J connectivity index is 2.77. The summed E-state index contributed by atoms with van der Waals surface area (Å²) in [6.07, 6.45) is 1.42. The number of carboxylic acids is 1. The Morgan fingerprint density at radius 1 is 1.10 bits per heavy atom. The smallest absolute Gasteiger partial charge is 0.137 e. The Bertz CT molecular complexity index is 679. The summed E-state index contributed by atoms with van der Waals surface area (Å²) in [5, 5.41) is 11.8. The molecule has 0 aliphatic heterocycles. The first-order valence-corrected chi connectivity index (χ1v) is 7.25. The van der Waals surface area contributed by atoms with Crippen LogP contribution in [0.2, 0.25) is 0 Å². The van der Waals surface area contributed by atoms with Crippen molar-refractivity contribution in [3.05, 3.63) is 35.1 Å². The molecule has 0 saturated carbocycles. The van der Waals surface area contributed by atoms with Crippen molar-refractivity contribution in [3.8, 4) is 0 Å². The SMILES string of the molecule is CC(C)(C)c1cc(C(C)(C)C)c2occ(CC(=O)[O-])c2c1. The van der Waals surface area contributed by atoms with Crippen molar-refractivity contribution in [3.63, 3.8) is 0 Å². The normalized spacial score (nSPS) is 12.9. The van der Waals surface area contributed by atoms with Crippen molar-refractivity contribution < 1.29 is 14.3 Å². The van der Waals surface area contributed by atoms with E-state index in [1.165, 1.54) is 5.56 Å². The lowest BCUT2D eigenvalue weighted by Gasteiger charge is -2.25. The molecular weight excluding hydrogens is 264 g/mol. The number of benzene rings is 1. The molecule has 0 spiro atoms. The summed E-state index contributed by atoms with van der Waals surface area (Å²) in [5.41, 5.74) is 3.67. The third-order valence-corrected chi connectivity index (χ3v) is 3.76. The van der Waals surface area contributed by atoms with Crippen LogP contribution < -0.4 is 5.11 Å². The molecule has 114 valence electrons. The lowest BCUT2D eigenvalue weighted by Crippen LogP contribution is -2.24. The molecule has 0 fully saturated rings. The van der Waals surface area contributed by atoms with Gasteiger partial charge in [-0.25, -0.2) is 0 Å². The largest absolute Gasteiger partial charge is 0.550 e. The molecule has 0 aliphatic carbocycles. The number of furan rings is 1. The fraction of sp³-hybridized carbons (Fsp3) is 0.500. The number of carbonyl (C=O) groups is 1. The van der Waals surface area contributed by atoms with Gasteiger partial charge in [0, 0.05) is 28.9 Å². The average molecular weight is 287 g/mol. The van der Waals surface area contributed by atoms with Crippen LogP contribution >= 0.6 is 0 Å². The molecule has 2 aromatic rings. The van der Waals surface area contributed by atoms with Gasteiger partial charge in [-0.3, -0.25) is 0 Å². The van der Waals surface area contributed by atoms with Gasteiger partial charge in [0.05, 0.1) is 6.26 Å². The van der Waals surface area contributed by atoms with E-state index in [-0.39, 0.29) is 17.3 Å². The van der Waals surface area contributed by atoms with Crippen LogP contribution in [0.4, 0.5) is 0 Å². The molecule has 3 heteroatoms. The molecule has 1 aromatic heterocycles. The third kappa shape index (κ3) is 3.12. The van der Waals surface area contributed by atoms with Crippen LogP contribution in [-0.2, 0) is 22.0 Å². The number of hydrogen-bond donors (Lipinski definition) is 0. The predicted molar refractivity (Wildman–Crippen MR) is 82.3 cm³/mol. The van der Waals surface area contributed by atoms with Crippen LogP contribution in [0.5, 0.6) is 0 Å². The van der Waals surface area contributed by atoms with E-state index in [1.807, 2.05) is 6.07 Å².